The van der Waals surface area contributed by atoms with Gasteiger partial charge in [-0.3, -0.25) is 4.99 Å². The van der Waals surface area contributed by atoms with Crippen LogP contribution in [-0.2, 0) is 4.74 Å². The molecule has 0 aromatic carbocycles. The van der Waals surface area contributed by atoms with E-state index in [0.29, 0.717) is 0 Å². The summed E-state index contributed by atoms with van der Waals surface area (Å²) < 4.78 is 5.53. The van der Waals surface area contributed by atoms with Gasteiger partial charge in [0.2, 0.25) is 0 Å². The Morgan fingerprint density at radius 2 is 1.74 bits per heavy atom. The molecule has 2 N–H and O–H groups in total. The van der Waals surface area contributed by atoms with E-state index in [4.69, 9.17) is 9.73 Å². The number of nitrogens with zero attached hydrogens (tertiary/aromatic N) is 2. The van der Waals surface area contributed by atoms with Crippen LogP contribution in [0.3, 0.4) is 0 Å². The van der Waals surface area contributed by atoms with E-state index >= 15 is 0 Å². The lowest BCUT2D eigenvalue weighted by atomic mass is 9.89. The average molecular weight is 440 g/mol. The van der Waals surface area contributed by atoms with Gasteiger partial charge in [0, 0.05) is 31.8 Å². The molecule has 5 nitrogen and oxygen atoms in total. The smallest absolute Gasteiger partial charge is 0.191 e. The number of guanidine groups is 1. The van der Waals surface area contributed by atoms with Gasteiger partial charge in [-0.05, 0) is 39.8 Å². The van der Waals surface area contributed by atoms with Crippen molar-refractivity contribution in [3.05, 3.63) is 0 Å². The molecule has 0 unspecified atom stereocenters. The zero-order valence-corrected chi connectivity index (χ0v) is 18.0. The van der Waals surface area contributed by atoms with Crippen LogP contribution in [0.2, 0.25) is 0 Å². The first-order chi connectivity index (χ1) is 10.6. The quantitative estimate of drug-likeness (QED) is 0.346. The van der Waals surface area contributed by atoms with Gasteiger partial charge in [-0.15, -0.1) is 24.0 Å². The highest BCUT2D eigenvalue weighted by molar-refractivity contribution is 14.0. The minimum Gasteiger partial charge on any atom is -0.381 e. The number of ether oxygens (including phenoxy) is 1. The molecule has 0 atom stereocenters. The third-order valence-corrected chi connectivity index (χ3v) is 4.96. The lowest BCUT2D eigenvalue weighted by Gasteiger charge is -2.41. The number of nitrogens with one attached hydrogen (secondary N) is 2. The van der Waals surface area contributed by atoms with Crippen LogP contribution in [0.15, 0.2) is 4.99 Å². The Bertz CT molecular complexity index is 327. The maximum absolute atomic E-state index is 5.53. The molecule has 0 aromatic heterocycles. The Morgan fingerprint density at radius 3 is 2.22 bits per heavy atom. The van der Waals surface area contributed by atoms with Gasteiger partial charge >= 0.3 is 0 Å². The van der Waals surface area contributed by atoms with Gasteiger partial charge in [0.05, 0.1) is 6.54 Å². The summed E-state index contributed by atoms with van der Waals surface area (Å²) in [6, 6.07) is 0. The van der Waals surface area contributed by atoms with E-state index in [-0.39, 0.29) is 29.5 Å². The van der Waals surface area contributed by atoms with Crippen molar-refractivity contribution in [2.45, 2.75) is 52.0 Å². The van der Waals surface area contributed by atoms with Crippen LogP contribution in [0.1, 0.15) is 46.5 Å². The second-order valence-electron chi connectivity index (χ2n) is 6.49. The molecule has 1 fully saturated rings. The summed E-state index contributed by atoms with van der Waals surface area (Å²) in [5, 5.41) is 6.88. The molecule has 1 aliphatic heterocycles. The minimum atomic E-state index is 0. The highest BCUT2D eigenvalue weighted by atomic mass is 127. The highest BCUT2D eigenvalue weighted by Gasteiger charge is 2.34. The molecule has 0 aliphatic carbocycles. The van der Waals surface area contributed by atoms with Gasteiger partial charge in [-0.1, -0.05) is 26.7 Å². The minimum absolute atomic E-state index is 0. The van der Waals surface area contributed by atoms with Crippen LogP contribution >= 0.6 is 24.0 Å². The molecule has 0 radical (unpaired) electrons. The van der Waals surface area contributed by atoms with Crippen molar-refractivity contribution >= 4 is 29.9 Å². The van der Waals surface area contributed by atoms with Crippen molar-refractivity contribution in [3.8, 4) is 0 Å². The van der Waals surface area contributed by atoms with Gasteiger partial charge in [0.1, 0.15) is 0 Å². The van der Waals surface area contributed by atoms with E-state index in [1.807, 2.05) is 0 Å². The Morgan fingerprint density at radius 1 is 1.13 bits per heavy atom. The molecule has 1 saturated heterocycles. The van der Waals surface area contributed by atoms with Crippen LogP contribution in [0.5, 0.6) is 0 Å². The predicted molar refractivity (Wildman–Crippen MR) is 110 cm³/mol. The number of hydrogen-bond donors (Lipinski definition) is 2. The van der Waals surface area contributed by atoms with E-state index in [1.54, 1.807) is 0 Å². The monoisotopic (exact) mass is 440 g/mol. The number of aliphatic imine (C=N–C) groups is 1. The molecule has 0 spiro atoms. The normalized spacial score (nSPS) is 18.0. The number of rotatable bonds is 8. The second-order valence-corrected chi connectivity index (χ2v) is 6.49. The Hall–Kier alpha value is -0.0800. The maximum atomic E-state index is 5.53. The second kappa shape index (κ2) is 12.3. The predicted octanol–water partition coefficient (Wildman–Crippen LogP) is 2.71. The van der Waals surface area contributed by atoms with Crippen molar-refractivity contribution in [1.29, 1.82) is 0 Å². The van der Waals surface area contributed by atoms with E-state index in [0.717, 1.165) is 57.6 Å². The molecule has 23 heavy (non-hydrogen) atoms. The summed E-state index contributed by atoms with van der Waals surface area (Å²) in [6.07, 6.45) is 4.52. The summed E-state index contributed by atoms with van der Waals surface area (Å²) in [6.45, 7) is 11.0. The van der Waals surface area contributed by atoms with Gasteiger partial charge in [0.25, 0.3) is 0 Å². The number of halogens is 1. The third kappa shape index (κ3) is 7.56. The number of hydrogen-bond acceptors (Lipinski definition) is 3. The fraction of sp³-hybridized carbons (Fsp3) is 0.941. The lowest BCUT2D eigenvalue weighted by molar-refractivity contribution is -0.00255. The Balaban J connectivity index is 0.00000484. The molecular formula is C17H37IN4O. The summed E-state index contributed by atoms with van der Waals surface area (Å²) in [5.41, 5.74) is 0.134. The molecule has 0 aromatic rings. The molecule has 1 rings (SSSR count). The Kier molecular flexibility index (Phi) is 12.3. The average Bonchev–Trinajstić information content (AvgIpc) is 2.54. The number of likely N-dealkylation sites (N-methyl/N-ethyl adjacent to an activating group) is 1. The first kappa shape index (κ1) is 22.9. The van der Waals surface area contributed by atoms with Crippen molar-refractivity contribution < 1.29 is 4.74 Å². The van der Waals surface area contributed by atoms with Gasteiger partial charge in [0.15, 0.2) is 5.96 Å². The molecule has 1 aliphatic rings. The maximum Gasteiger partial charge on any atom is 0.191 e. The van der Waals surface area contributed by atoms with E-state index in [1.165, 1.54) is 12.8 Å². The molecular weight excluding hydrogens is 403 g/mol. The summed E-state index contributed by atoms with van der Waals surface area (Å²) in [4.78, 5) is 7.19. The third-order valence-electron chi connectivity index (χ3n) is 4.96. The SMILES string of the molecule is CCNC(=NCC1(N(C)C)CCOCC1)NCC(CC)CC.I. The summed E-state index contributed by atoms with van der Waals surface area (Å²) in [5.74, 6) is 1.66. The fourth-order valence-corrected chi connectivity index (χ4v) is 2.88. The molecule has 6 heteroatoms. The topological polar surface area (TPSA) is 48.9 Å². The molecule has 138 valence electrons. The molecule has 0 amide bonds. The van der Waals surface area contributed by atoms with Crippen molar-refractivity contribution in [2.24, 2.45) is 10.9 Å². The Labute approximate surface area is 160 Å². The van der Waals surface area contributed by atoms with Crippen molar-refractivity contribution in [3.63, 3.8) is 0 Å². The van der Waals surface area contributed by atoms with Gasteiger partial charge in [-0.25, -0.2) is 0 Å². The first-order valence-electron chi connectivity index (χ1n) is 8.85. The molecule has 0 saturated carbocycles. The molecule has 1 heterocycles. The first-order valence-corrected chi connectivity index (χ1v) is 8.85. The van der Waals surface area contributed by atoms with Crippen molar-refractivity contribution in [2.75, 3.05) is 46.9 Å². The van der Waals surface area contributed by atoms with Gasteiger partial charge in [-0.2, -0.15) is 0 Å². The van der Waals surface area contributed by atoms with Crippen LogP contribution in [0.4, 0.5) is 0 Å². The van der Waals surface area contributed by atoms with Crippen LogP contribution in [-0.4, -0.2) is 63.3 Å². The van der Waals surface area contributed by atoms with E-state index < -0.39 is 0 Å². The zero-order valence-electron chi connectivity index (χ0n) is 15.7. The van der Waals surface area contributed by atoms with E-state index in [9.17, 15) is 0 Å². The van der Waals surface area contributed by atoms with Crippen LogP contribution in [0.25, 0.3) is 0 Å². The largest absolute Gasteiger partial charge is 0.381 e. The molecule has 0 bridgehead atoms. The standard InChI is InChI=1S/C17H36N4O.HI/c1-6-15(7-2)13-19-16(18-8-3)20-14-17(21(4)5)9-11-22-12-10-17;/h15H,6-14H2,1-5H3,(H2,18,19,20);1H. The summed E-state index contributed by atoms with van der Waals surface area (Å²) >= 11 is 0. The van der Waals surface area contributed by atoms with Gasteiger partial charge < -0.3 is 20.3 Å². The zero-order chi connectivity index (χ0) is 16.4. The van der Waals surface area contributed by atoms with Crippen molar-refractivity contribution in [1.82, 2.24) is 15.5 Å². The van der Waals surface area contributed by atoms with Crippen LogP contribution in [0, 0.1) is 5.92 Å². The lowest BCUT2D eigenvalue weighted by Crippen LogP contribution is -2.52. The summed E-state index contributed by atoms with van der Waals surface area (Å²) in [7, 11) is 4.32. The van der Waals surface area contributed by atoms with Crippen LogP contribution < -0.4 is 10.6 Å². The van der Waals surface area contributed by atoms with E-state index in [2.05, 4.69) is 50.4 Å². The fourth-order valence-electron chi connectivity index (χ4n) is 2.88. The highest BCUT2D eigenvalue weighted by Crippen LogP contribution is 2.26.